The standard InChI is InChI=1S/C16H22N4O3S/c1-16(2,3)19-13(21)9-20(4)15(22)17-8-11-10-23-14(18-11)12-6-5-7-24-12/h5-7,10H,8-9H2,1-4H3,(H,17,22)(H,19,21). The minimum atomic E-state index is -0.347. The first-order chi connectivity index (χ1) is 11.2. The first-order valence-corrected chi connectivity index (χ1v) is 8.41. The van der Waals surface area contributed by atoms with E-state index in [2.05, 4.69) is 15.6 Å². The van der Waals surface area contributed by atoms with Crippen molar-refractivity contribution in [1.82, 2.24) is 20.5 Å². The van der Waals surface area contributed by atoms with Crippen molar-refractivity contribution in [2.45, 2.75) is 32.9 Å². The number of oxazole rings is 1. The average Bonchev–Trinajstić information content (AvgIpc) is 3.13. The van der Waals surface area contributed by atoms with Gasteiger partial charge in [0.1, 0.15) is 12.8 Å². The minimum absolute atomic E-state index is 0.0115. The van der Waals surface area contributed by atoms with Crippen molar-refractivity contribution >= 4 is 23.3 Å². The van der Waals surface area contributed by atoms with Crippen LogP contribution in [0.25, 0.3) is 10.8 Å². The number of urea groups is 1. The second-order valence-electron chi connectivity index (χ2n) is 6.43. The Kier molecular flexibility index (Phi) is 5.61. The summed E-state index contributed by atoms with van der Waals surface area (Å²) in [6.07, 6.45) is 1.52. The Labute approximate surface area is 145 Å². The van der Waals surface area contributed by atoms with Crippen molar-refractivity contribution < 1.29 is 14.0 Å². The molecule has 0 aliphatic rings. The SMILES string of the molecule is CN(CC(=O)NC(C)(C)C)C(=O)NCc1coc(-c2cccs2)n1. The maximum Gasteiger partial charge on any atom is 0.317 e. The highest BCUT2D eigenvalue weighted by Gasteiger charge is 2.18. The number of hydrogen-bond donors (Lipinski definition) is 2. The molecule has 0 spiro atoms. The van der Waals surface area contributed by atoms with E-state index in [9.17, 15) is 9.59 Å². The first-order valence-electron chi connectivity index (χ1n) is 7.53. The smallest absolute Gasteiger partial charge is 0.317 e. The van der Waals surface area contributed by atoms with Gasteiger partial charge in [-0.25, -0.2) is 9.78 Å². The number of hydrogen-bond acceptors (Lipinski definition) is 5. The van der Waals surface area contributed by atoms with Crippen molar-refractivity contribution in [2.75, 3.05) is 13.6 Å². The molecule has 2 N–H and O–H groups in total. The summed E-state index contributed by atoms with van der Waals surface area (Å²) in [5, 5.41) is 7.47. The van der Waals surface area contributed by atoms with Gasteiger partial charge in [0.2, 0.25) is 11.8 Å². The Balaban J connectivity index is 1.81. The van der Waals surface area contributed by atoms with Crippen molar-refractivity contribution in [1.29, 1.82) is 0 Å². The lowest BCUT2D eigenvalue weighted by molar-refractivity contribution is -0.122. The molecular weight excluding hydrogens is 328 g/mol. The van der Waals surface area contributed by atoms with Gasteiger partial charge in [0.15, 0.2) is 0 Å². The Morgan fingerprint density at radius 3 is 2.75 bits per heavy atom. The molecule has 0 atom stereocenters. The van der Waals surface area contributed by atoms with Gasteiger partial charge in [-0.1, -0.05) is 6.07 Å². The van der Waals surface area contributed by atoms with Crippen LogP contribution in [0.1, 0.15) is 26.5 Å². The average molecular weight is 350 g/mol. The molecule has 0 saturated heterocycles. The van der Waals surface area contributed by atoms with Crippen LogP contribution in [-0.2, 0) is 11.3 Å². The molecule has 24 heavy (non-hydrogen) atoms. The van der Waals surface area contributed by atoms with Gasteiger partial charge in [-0.15, -0.1) is 11.3 Å². The number of amides is 3. The van der Waals surface area contributed by atoms with Crippen molar-refractivity contribution in [3.05, 3.63) is 29.5 Å². The number of nitrogens with zero attached hydrogens (tertiary/aromatic N) is 2. The Morgan fingerprint density at radius 1 is 1.38 bits per heavy atom. The van der Waals surface area contributed by atoms with Crippen molar-refractivity contribution in [3.63, 3.8) is 0 Å². The molecule has 2 aromatic heterocycles. The van der Waals surface area contributed by atoms with Crippen LogP contribution >= 0.6 is 11.3 Å². The Bertz CT molecular complexity index is 688. The van der Waals surface area contributed by atoms with Gasteiger partial charge in [0.25, 0.3) is 0 Å². The van der Waals surface area contributed by atoms with Gasteiger partial charge in [0, 0.05) is 12.6 Å². The third-order valence-electron chi connectivity index (χ3n) is 2.95. The number of carbonyl (C=O) groups is 2. The fourth-order valence-electron chi connectivity index (χ4n) is 1.95. The fraction of sp³-hybridized carbons (Fsp3) is 0.438. The van der Waals surface area contributed by atoms with Crippen LogP contribution in [-0.4, -0.2) is 41.0 Å². The normalized spacial score (nSPS) is 11.2. The summed E-state index contributed by atoms with van der Waals surface area (Å²) < 4.78 is 5.39. The van der Waals surface area contributed by atoms with E-state index in [4.69, 9.17) is 4.42 Å². The van der Waals surface area contributed by atoms with Gasteiger partial charge in [-0.3, -0.25) is 4.79 Å². The maximum atomic E-state index is 12.0. The molecule has 0 fully saturated rings. The van der Waals surface area contributed by atoms with Crippen LogP contribution in [0.2, 0.25) is 0 Å². The summed E-state index contributed by atoms with van der Waals surface area (Å²) in [4.78, 5) is 30.4. The molecule has 3 amide bonds. The summed E-state index contributed by atoms with van der Waals surface area (Å²) in [7, 11) is 1.57. The van der Waals surface area contributed by atoms with Crippen LogP contribution in [0.15, 0.2) is 28.2 Å². The number of nitrogens with one attached hydrogen (secondary N) is 2. The summed E-state index contributed by atoms with van der Waals surface area (Å²) in [6.45, 7) is 5.89. The van der Waals surface area contributed by atoms with E-state index in [-0.39, 0.29) is 30.6 Å². The molecule has 0 aliphatic carbocycles. The molecule has 0 aliphatic heterocycles. The number of thiophene rings is 1. The fourth-order valence-corrected chi connectivity index (χ4v) is 2.60. The maximum absolute atomic E-state index is 12.0. The minimum Gasteiger partial charge on any atom is -0.443 e. The largest absolute Gasteiger partial charge is 0.443 e. The lowest BCUT2D eigenvalue weighted by Gasteiger charge is -2.23. The van der Waals surface area contributed by atoms with Crippen LogP contribution in [0.5, 0.6) is 0 Å². The molecule has 0 bridgehead atoms. The highest BCUT2D eigenvalue weighted by Crippen LogP contribution is 2.23. The van der Waals surface area contributed by atoms with E-state index in [1.807, 2.05) is 38.3 Å². The lowest BCUT2D eigenvalue weighted by Crippen LogP contribution is -2.48. The molecule has 2 aromatic rings. The van der Waals surface area contributed by atoms with Gasteiger partial charge in [0.05, 0.1) is 17.1 Å². The highest BCUT2D eigenvalue weighted by atomic mass is 32.1. The predicted octanol–water partition coefficient (Wildman–Crippen LogP) is 2.46. The number of carbonyl (C=O) groups excluding carboxylic acids is 2. The third-order valence-corrected chi connectivity index (χ3v) is 3.80. The van der Waals surface area contributed by atoms with E-state index >= 15 is 0 Å². The van der Waals surface area contributed by atoms with Crippen molar-refractivity contribution in [3.8, 4) is 10.8 Å². The van der Waals surface area contributed by atoms with E-state index in [1.165, 1.54) is 22.5 Å². The van der Waals surface area contributed by atoms with Gasteiger partial charge >= 0.3 is 6.03 Å². The zero-order chi connectivity index (χ0) is 17.7. The molecule has 7 nitrogen and oxygen atoms in total. The molecule has 0 radical (unpaired) electrons. The first kappa shape index (κ1) is 18.0. The molecule has 0 unspecified atom stereocenters. The second-order valence-corrected chi connectivity index (χ2v) is 7.38. The molecule has 0 aromatic carbocycles. The number of aromatic nitrogens is 1. The Morgan fingerprint density at radius 2 is 2.12 bits per heavy atom. The number of rotatable bonds is 5. The van der Waals surface area contributed by atoms with Crippen molar-refractivity contribution in [2.24, 2.45) is 0 Å². The summed E-state index contributed by atoms with van der Waals surface area (Å²) in [5.74, 6) is 0.328. The monoisotopic (exact) mass is 350 g/mol. The highest BCUT2D eigenvalue weighted by molar-refractivity contribution is 7.13. The summed E-state index contributed by atoms with van der Waals surface area (Å²) in [6, 6.07) is 3.49. The van der Waals surface area contributed by atoms with Gasteiger partial charge < -0.3 is 20.0 Å². The topological polar surface area (TPSA) is 87.5 Å². The zero-order valence-electron chi connectivity index (χ0n) is 14.3. The Hall–Kier alpha value is -2.35. The molecular formula is C16H22N4O3S. The third kappa shape index (κ3) is 5.38. The molecule has 130 valence electrons. The molecule has 2 rings (SSSR count). The van der Waals surface area contributed by atoms with Crippen LogP contribution in [0, 0.1) is 0 Å². The van der Waals surface area contributed by atoms with Crippen LogP contribution in [0.3, 0.4) is 0 Å². The predicted molar refractivity (Wildman–Crippen MR) is 92.6 cm³/mol. The molecule has 0 saturated carbocycles. The number of likely N-dealkylation sites (N-methyl/N-ethyl adjacent to an activating group) is 1. The van der Waals surface area contributed by atoms with E-state index in [0.29, 0.717) is 11.6 Å². The van der Waals surface area contributed by atoms with E-state index < -0.39 is 0 Å². The summed E-state index contributed by atoms with van der Waals surface area (Å²) in [5.41, 5.74) is 0.298. The molecule has 8 heteroatoms. The van der Waals surface area contributed by atoms with Gasteiger partial charge in [-0.05, 0) is 32.2 Å². The lowest BCUT2D eigenvalue weighted by atomic mass is 10.1. The molecule has 2 heterocycles. The van der Waals surface area contributed by atoms with Crippen LogP contribution in [0.4, 0.5) is 4.79 Å². The van der Waals surface area contributed by atoms with Crippen LogP contribution < -0.4 is 10.6 Å². The van der Waals surface area contributed by atoms with Gasteiger partial charge in [-0.2, -0.15) is 0 Å². The van der Waals surface area contributed by atoms with E-state index in [0.717, 1.165) is 4.88 Å². The zero-order valence-corrected chi connectivity index (χ0v) is 15.1. The van der Waals surface area contributed by atoms with E-state index in [1.54, 1.807) is 7.05 Å². The quantitative estimate of drug-likeness (QED) is 0.867. The second kappa shape index (κ2) is 7.48. The summed E-state index contributed by atoms with van der Waals surface area (Å²) >= 11 is 1.53.